The summed E-state index contributed by atoms with van der Waals surface area (Å²) in [6.07, 6.45) is 7.24. The zero-order valence-electron chi connectivity index (χ0n) is 34.0. The van der Waals surface area contributed by atoms with E-state index in [4.69, 9.17) is 16.3 Å². The molecule has 4 amide bonds. The van der Waals surface area contributed by atoms with Gasteiger partial charge in [0.1, 0.15) is 24.0 Å². The average molecular weight is 873 g/mol. The number of piperidine rings is 1. The van der Waals surface area contributed by atoms with Gasteiger partial charge in [-0.05, 0) is 81.3 Å². The van der Waals surface area contributed by atoms with Gasteiger partial charge < -0.3 is 24.8 Å². The molecule has 1 aromatic heterocycles. The van der Waals surface area contributed by atoms with Crippen molar-refractivity contribution in [2.24, 2.45) is 0 Å². The normalized spacial score (nSPS) is 17.2. The van der Waals surface area contributed by atoms with Gasteiger partial charge >= 0.3 is 0 Å². The summed E-state index contributed by atoms with van der Waals surface area (Å²) in [5.41, 5.74) is 3.16. The number of thioether (sulfide) groups is 1. The number of amides is 4. The van der Waals surface area contributed by atoms with Crippen LogP contribution < -0.4 is 30.9 Å². The van der Waals surface area contributed by atoms with Crippen molar-refractivity contribution in [3.8, 4) is 5.75 Å². The van der Waals surface area contributed by atoms with Crippen molar-refractivity contribution < 1.29 is 28.5 Å². The van der Waals surface area contributed by atoms with E-state index >= 15 is 0 Å². The number of rotatable bonds is 17. The summed E-state index contributed by atoms with van der Waals surface area (Å²) in [4.78, 5) is 66.2. The molecule has 2 fully saturated rings. The fourth-order valence-corrected chi connectivity index (χ4v) is 10.2. The molecule has 4 aromatic rings. The first-order valence-electron chi connectivity index (χ1n) is 20.2. The molecule has 0 saturated carbocycles. The van der Waals surface area contributed by atoms with Crippen LogP contribution in [0.3, 0.4) is 0 Å². The van der Waals surface area contributed by atoms with Crippen LogP contribution >= 0.6 is 30.5 Å². The SMILES string of the molecule is COc1cc(N2CCN(CCCCCCCSc3cccc4c3C(=O)N(C3CCC(=O)NC3=O)C4=O)CC2)ccc1Nc1ncc(Cl)c(Nc2ccccc2P(C)(C)=O)n1. The van der Waals surface area contributed by atoms with E-state index in [0.717, 1.165) is 86.1 Å². The Bertz CT molecular complexity index is 2320. The molecule has 0 radical (unpaired) electrons. The highest BCUT2D eigenvalue weighted by Gasteiger charge is 2.45. The molecule has 3 aromatic carbocycles. The largest absolute Gasteiger partial charge is 0.494 e. The lowest BCUT2D eigenvalue weighted by atomic mass is 10.0. The molecule has 0 spiro atoms. The highest BCUT2D eigenvalue weighted by molar-refractivity contribution is 7.99. The summed E-state index contributed by atoms with van der Waals surface area (Å²) in [5.74, 6) is 0.302. The second-order valence-corrected chi connectivity index (χ2v) is 20.2. The zero-order chi connectivity index (χ0) is 42.4. The topological polar surface area (TPSA) is 166 Å². The number of ether oxygens (including phenoxy) is 1. The predicted octanol–water partition coefficient (Wildman–Crippen LogP) is 7.14. The first-order chi connectivity index (χ1) is 28.9. The molecule has 17 heteroatoms. The Labute approximate surface area is 359 Å². The standard InChI is InChI=1S/C43H50ClN8O6PS/c1-58-34-26-28(16-17-31(34)47-43-45-27-30(44)39(49-43)46-32-13-7-8-14-35(32)59(2,3)57)51-23-21-50(22-24-51)20-9-5-4-6-10-25-60-36-15-11-12-29-38(36)42(56)52(41(29)55)33-18-19-37(53)48-40(33)54/h7-8,11-17,26-27,33H,4-6,9-10,18-25H2,1-3H3,(H,48,53,54)(H2,45,46,47,49). The summed E-state index contributed by atoms with van der Waals surface area (Å²) in [5, 5.41) is 9.80. The number of carbonyl (C=O) groups excluding carboxylic acids is 4. The minimum absolute atomic E-state index is 0.0980. The van der Waals surface area contributed by atoms with Crippen molar-refractivity contribution in [1.82, 2.24) is 25.1 Å². The van der Waals surface area contributed by atoms with E-state index in [2.05, 4.69) is 41.8 Å². The van der Waals surface area contributed by atoms with Crippen LogP contribution in [0.25, 0.3) is 0 Å². The molecule has 0 bridgehead atoms. The van der Waals surface area contributed by atoms with Crippen molar-refractivity contribution in [2.75, 3.05) is 74.4 Å². The third-order valence-electron chi connectivity index (χ3n) is 11.0. The predicted molar refractivity (Wildman–Crippen MR) is 238 cm³/mol. The fourth-order valence-electron chi connectivity index (χ4n) is 7.78. The molecule has 14 nitrogen and oxygen atoms in total. The molecule has 0 aliphatic carbocycles. The number of hydrogen-bond acceptors (Lipinski definition) is 13. The molecule has 1 atom stereocenters. The van der Waals surface area contributed by atoms with Crippen LogP contribution in [0.5, 0.6) is 5.75 Å². The zero-order valence-corrected chi connectivity index (χ0v) is 36.5. The summed E-state index contributed by atoms with van der Waals surface area (Å²) in [6, 6.07) is 17.8. The fraction of sp³-hybridized carbons (Fsp3) is 0.395. The van der Waals surface area contributed by atoms with E-state index in [1.807, 2.05) is 42.5 Å². The summed E-state index contributed by atoms with van der Waals surface area (Å²) < 4.78 is 18.7. The molecule has 60 heavy (non-hydrogen) atoms. The number of aromatic nitrogens is 2. The minimum atomic E-state index is -2.55. The van der Waals surface area contributed by atoms with Crippen LogP contribution in [-0.4, -0.2) is 108 Å². The lowest BCUT2D eigenvalue weighted by Crippen LogP contribution is -2.54. The third-order valence-corrected chi connectivity index (χ3v) is 13.9. The molecule has 1 unspecified atom stereocenters. The molecule has 3 aliphatic heterocycles. The molecular formula is C43H50ClN8O6PS. The summed E-state index contributed by atoms with van der Waals surface area (Å²) in [6.45, 7) is 8.30. The Kier molecular flexibility index (Phi) is 13.8. The van der Waals surface area contributed by atoms with E-state index in [9.17, 15) is 23.7 Å². The number of halogens is 1. The van der Waals surface area contributed by atoms with E-state index < -0.39 is 30.9 Å². The van der Waals surface area contributed by atoms with Crippen LogP contribution in [-0.2, 0) is 14.2 Å². The number of fused-ring (bicyclic) bond motifs is 1. The molecule has 3 aliphatic rings. The van der Waals surface area contributed by atoms with Gasteiger partial charge in [-0.3, -0.25) is 34.3 Å². The first kappa shape index (κ1) is 43.1. The van der Waals surface area contributed by atoms with Crippen LogP contribution in [0.4, 0.5) is 28.8 Å². The third kappa shape index (κ3) is 9.97. The smallest absolute Gasteiger partial charge is 0.263 e. The van der Waals surface area contributed by atoms with Crippen LogP contribution in [0.2, 0.25) is 5.02 Å². The van der Waals surface area contributed by atoms with Gasteiger partial charge in [0.25, 0.3) is 11.8 Å². The van der Waals surface area contributed by atoms with Gasteiger partial charge in [-0.1, -0.05) is 49.1 Å². The highest BCUT2D eigenvalue weighted by atomic mass is 35.5. The number of methoxy groups -OCH3 is 1. The number of anilines is 5. The molecular weight excluding hydrogens is 823 g/mol. The minimum Gasteiger partial charge on any atom is -0.494 e. The van der Waals surface area contributed by atoms with E-state index in [1.165, 1.54) is 6.20 Å². The van der Waals surface area contributed by atoms with Gasteiger partial charge in [0, 0.05) is 54.6 Å². The Morgan fingerprint density at radius 1 is 0.900 bits per heavy atom. The van der Waals surface area contributed by atoms with Gasteiger partial charge in [-0.2, -0.15) is 4.98 Å². The second-order valence-electron chi connectivity index (χ2n) is 15.5. The number of para-hydroxylation sites is 1. The number of nitrogens with one attached hydrogen (secondary N) is 3. The number of benzene rings is 3. The van der Waals surface area contributed by atoms with Gasteiger partial charge in [-0.25, -0.2) is 4.98 Å². The average Bonchev–Trinajstić information content (AvgIpc) is 3.49. The van der Waals surface area contributed by atoms with Gasteiger partial charge in [0.15, 0.2) is 5.82 Å². The Morgan fingerprint density at radius 2 is 1.67 bits per heavy atom. The quantitative estimate of drug-likeness (QED) is 0.0425. The van der Waals surface area contributed by atoms with Crippen LogP contribution in [0, 0.1) is 0 Å². The van der Waals surface area contributed by atoms with Crippen LogP contribution in [0.15, 0.2) is 71.8 Å². The van der Waals surface area contributed by atoms with E-state index in [0.29, 0.717) is 50.3 Å². The molecule has 2 saturated heterocycles. The maximum absolute atomic E-state index is 13.4. The van der Waals surface area contributed by atoms with Crippen molar-refractivity contribution in [3.05, 3.63) is 83.0 Å². The lowest BCUT2D eigenvalue weighted by Gasteiger charge is -2.36. The number of piperazine rings is 1. The lowest BCUT2D eigenvalue weighted by molar-refractivity contribution is -0.136. The molecule has 7 rings (SSSR count). The second kappa shape index (κ2) is 19.2. The van der Waals surface area contributed by atoms with Crippen molar-refractivity contribution >= 4 is 88.3 Å². The van der Waals surface area contributed by atoms with Crippen molar-refractivity contribution in [3.63, 3.8) is 0 Å². The number of unbranched alkanes of at least 4 members (excludes halogenated alkanes) is 4. The van der Waals surface area contributed by atoms with E-state index in [-0.39, 0.29) is 18.7 Å². The van der Waals surface area contributed by atoms with Crippen molar-refractivity contribution in [1.29, 1.82) is 0 Å². The number of nitrogens with zero attached hydrogens (tertiary/aromatic N) is 5. The summed E-state index contributed by atoms with van der Waals surface area (Å²) in [7, 11) is -0.908. The van der Waals surface area contributed by atoms with E-state index in [1.54, 1.807) is 44.3 Å². The maximum Gasteiger partial charge on any atom is 0.263 e. The van der Waals surface area contributed by atoms with Crippen molar-refractivity contribution in [2.45, 2.75) is 55.9 Å². The number of hydrogen-bond donors (Lipinski definition) is 3. The Hall–Kier alpha value is -4.95. The van der Waals surface area contributed by atoms with Gasteiger partial charge in [0.05, 0.1) is 35.8 Å². The molecule has 316 valence electrons. The summed E-state index contributed by atoms with van der Waals surface area (Å²) >= 11 is 8.04. The molecule has 4 heterocycles. The maximum atomic E-state index is 13.4. The Morgan fingerprint density at radius 3 is 2.43 bits per heavy atom. The van der Waals surface area contributed by atoms with Gasteiger partial charge in [-0.15, -0.1) is 11.8 Å². The monoisotopic (exact) mass is 872 g/mol. The van der Waals surface area contributed by atoms with Gasteiger partial charge in [0.2, 0.25) is 17.8 Å². The highest BCUT2D eigenvalue weighted by Crippen LogP contribution is 2.39. The first-order valence-corrected chi connectivity index (χ1v) is 24.2. The Balaban J connectivity index is 0.823. The van der Waals surface area contributed by atoms with Crippen LogP contribution in [0.1, 0.15) is 65.7 Å². The number of imide groups is 2. The number of carbonyl (C=O) groups is 4. The molecule has 3 N–H and O–H groups in total.